The van der Waals surface area contributed by atoms with Gasteiger partial charge >= 0.3 is 5.76 Å². The molecular formula is C23H17N3O4S. The number of aryl methyl sites for hydroxylation is 1. The van der Waals surface area contributed by atoms with Gasteiger partial charge in [-0.25, -0.2) is 9.78 Å². The fraction of sp³-hybridized carbons (Fsp3) is 0.0870. The largest absolute Gasteiger partial charge is 0.457 e. The first-order valence-electron chi connectivity index (χ1n) is 9.67. The quantitative estimate of drug-likeness (QED) is 0.408. The Hall–Kier alpha value is -3.91. The fourth-order valence-corrected chi connectivity index (χ4v) is 4.18. The molecule has 0 bridgehead atoms. The summed E-state index contributed by atoms with van der Waals surface area (Å²) in [4.78, 5) is 28.9. The maximum atomic E-state index is 12.4. The number of fused-ring (bicyclic) bond motifs is 2. The van der Waals surface area contributed by atoms with E-state index in [0.29, 0.717) is 22.0 Å². The number of carbonyl (C=O) groups excluding carboxylic acids is 1. The molecule has 154 valence electrons. The highest BCUT2D eigenvalue weighted by Crippen LogP contribution is 2.31. The van der Waals surface area contributed by atoms with E-state index in [-0.39, 0.29) is 18.9 Å². The molecule has 31 heavy (non-hydrogen) atoms. The lowest BCUT2D eigenvalue weighted by molar-refractivity contribution is -0.116. The third-order valence-electron chi connectivity index (χ3n) is 4.72. The average Bonchev–Trinajstić information content (AvgIpc) is 3.31. The van der Waals surface area contributed by atoms with Crippen molar-refractivity contribution in [2.75, 3.05) is 5.32 Å². The summed E-state index contributed by atoms with van der Waals surface area (Å²) >= 11 is 1.37. The van der Waals surface area contributed by atoms with Crippen LogP contribution < -0.4 is 15.8 Å². The van der Waals surface area contributed by atoms with E-state index in [4.69, 9.17) is 9.15 Å². The first-order chi connectivity index (χ1) is 15.2. The van der Waals surface area contributed by atoms with Crippen LogP contribution in [0.3, 0.4) is 0 Å². The standard InChI is InChI=1S/C23H17N3O4S/c27-21(12-13-26-18-8-4-5-9-19(18)30-23(26)28)25-22-24-17-11-10-16(14-20(17)31-22)29-15-6-2-1-3-7-15/h1-11,14H,12-13H2,(H,24,25,27). The fourth-order valence-electron chi connectivity index (χ4n) is 3.27. The van der Waals surface area contributed by atoms with E-state index >= 15 is 0 Å². The summed E-state index contributed by atoms with van der Waals surface area (Å²) in [5, 5.41) is 3.31. The SMILES string of the molecule is O=C(CCn1c(=O)oc2ccccc21)Nc1nc2ccc(Oc3ccccc3)cc2s1. The topological polar surface area (TPSA) is 86.4 Å². The third-order valence-corrected chi connectivity index (χ3v) is 5.65. The Bertz CT molecular complexity index is 1440. The molecule has 5 aromatic rings. The van der Waals surface area contributed by atoms with Crippen molar-refractivity contribution in [3.8, 4) is 11.5 Å². The molecule has 7 nitrogen and oxygen atoms in total. The molecule has 0 unspecified atom stereocenters. The van der Waals surface area contributed by atoms with Gasteiger partial charge in [-0.3, -0.25) is 9.36 Å². The zero-order valence-corrected chi connectivity index (χ0v) is 17.1. The number of nitrogens with one attached hydrogen (secondary N) is 1. The Morgan fingerprint density at radius 1 is 1.03 bits per heavy atom. The average molecular weight is 431 g/mol. The number of rotatable bonds is 6. The number of ether oxygens (including phenoxy) is 1. The van der Waals surface area contributed by atoms with E-state index in [1.165, 1.54) is 15.9 Å². The van der Waals surface area contributed by atoms with Crippen molar-refractivity contribution in [3.63, 3.8) is 0 Å². The van der Waals surface area contributed by atoms with Crippen molar-refractivity contribution in [3.05, 3.63) is 83.3 Å². The summed E-state index contributed by atoms with van der Waals surface area (Å²) in [6.45, 7) is 0.224. The highest BCUT2D eigenvalue weighted by Gasteiger charge is 2.12. The van der Waals surface area contributed by atoms with Gasteiger partial charge in [0.25, 0.3) is 0 Å². The summed E-state index contributed by atoms with van der Waals surface area (Å²) < 4.78 is 13.4. The van der Waals surface area contributed by atoms with Gasteiger partial charge in [0, 0.05) is 19.0 Å². The lowest BCUT2D eigenvalue weighted by Crippen LogP contribution is -2.19. The van der Waals surface area contributed by atoms with Crippen LogP contribution in [0.4, 0.5) is 5.13 Å². The number of carbonyl (C=O) groups is 1. The number of hydrogen-bond donors (Lipinski definition) is 1. The smallest absolute Gasteiger partial charge is 0.419 e. The van der Waals surface area contributed by atoms with Crippen molar-refractivity contribution in [2.45, 2.75) is 13.0 Å². The van der Waals surface area contributed by atoms with Crippen LogP contribution in [-0.2, 0) is 11.3 Å². The minimum atomic E-state index is -0.472. The van der Waals surface area contributed by atoms with Crippen LogP contribution in [0.5, 0.6) is 11.5 Å². The van der Waals surface area contributed by atoms with Gasteiger partial charge < -0.3 is 14.5 Å². The van der Waals surface area contributed by atoms with Gasteiger partial charge in [-0.2, -0.15) is 0 Å². The Morgan fingerprint density at radius 2 is 1.84 bits per heavy atom. The van der Waals surface area contributed by atoms with Crippen LogP contribution in [0, 0.1) is 0 Å². The molecule has 0 atom stereocenters. The van der Waals surface area contributed by atoms with Crippen LogP contribution in [-0.4, -0.2) is 15.5 Å². The molecule has 2 aromatic heterocycles. The van der Waals surface area contributed by atoms with Gasteiger partial charge in [0.1, 0.15) is 11.5 Å². The summed E-state index contributed by atoms with van der Waals surface area (Å²) in [5.41, 5.74) is 1.96. The van der Waals surface area contributed by atoms with E-state index < -0.39 is 5.76 Å². The molecule has 8 heteroatoms. The molecule has 0 radical (unpaired) electrons. The molecule has 0 saturated carbocycles. The zero-order valence-electron chi connectivity index (χ0n) is 16.3. The van der Waals surface area contributed by atoms with Crippen molar-refractivity contribution in [1.82, 2.24) is 9.55 Å². The highest BCUT2D eigenvalue weighted by atomic mass is 32.1. The van der Waals surface area contributed by atoms with E-state index in [9.17, 15) is 9.59 Å². The number of amides is 1. The summed E-state index contributed by atoms with van der Waals surface area (Å²) in [7, 11) is 0. The van der Waals surface area contributed by atoms with Gasteiger partial charge in [0.15, 0.2) is 10.7 Å². The molecule has 0 saturated heterocycles. The minimum absolute atomic E-state index is 0.127. The number of hydrogen-bond acceptors (Lipinski definition) is 6. The molecule has 0 aliphatic heterocycles. The maximum absolute atomic E-state index is 12.4. The van der Waals surface area contributed by atoms with Crippen LogP contribution in [0.25, 0.3) is 21.3 Å². The number of thiazole rings is 1. The summed E-state index contributed by atoms with van der Waals surface area (Å²) in [6.07, 6.45) is 0.127. The van der Waals surface area contributed by atoms with Crippen molar-refractivity contribution in [1.29, 1.82) is 0 Å². The monoisotopic (exact) mass is 431 g/mol. The van der Waals surface area contributed by atoms with Crippen LogP contribution in [0.15, 0.2) is 82.0 Å². The number of oxazole rings is 1. The summed E-state index contributed by atoms with van der Waals surface area (Å²) in [5.74, 6) is 0.755. The molecule has 3 aromatic carbocycles. The molecular weight excluding hydrogens is 414 g/mol. The first-order valence-corrected chi connectivity index (χ1v) is 10.5. The normalized spacial score (nSPS) is 11.1. The summed E-state index contributed by atoms with van der Waals surface area (Å²) in [6, 6.07) is 22.3. The first kappa shape index (κ1) is 19.1. The number of anilines is 1. The minimum Gasteiger partial charge on any atom is -0.457 e. The van der Waals surface area contributed by atoms with Crippen molar-refractivity contribution < 1.29 is 13.9 Å². The Labute approximate surface area is 180 Å². The highest BCUT2D eigenvalue weighted by molar-refractivity contribution is 7.22. The molecule has 0 fully saturated rings. The van der Waals surface area contributed by atoms with Crippen molar-refractivity contribution >= 4 is 43.7 Å². The van der Waals surface area contributed by atoms with Crippen LogP contribution in [0.2, 0.25) is 0 Å². The molecule has 1 N–H and O–H groups in total. The molecule has 0 aliphatic carbocycles. The maximum Gasteiger partial charge on any atom is 0.419 e. The zero-order chi connectivity index (χ0) is 21.2. The van der Waals surface area contributed by atoms with Gasteiger partial charge in [-0.1, -0.05) is 41.7 Å². The molecule has 0 aliphatic rings. The number of para-hydroxylation sites is 3. The van der Waals surface area contributed by atoms with Gasteiger partial charge in [0.05, 0.1) is 15.7 Å². The second kappa shape index (κ2) is 8.08. The number of nitrogens with zero attached hydrogens (tertiary/aromatic N) is 2. The molecule has 5 rings (SSSR count). The van der Waals surface area contributed by atoms with Crippen molar-refractivity contribution in [2.24, 2.45) is 0 Å². The van der Waals surface area contributed by atoms with E-state index in [1.807, 2.05) is 54.6 Å². The second-order valence-corrected chi connectivity index (χ2v) is 7.88. The van der Waals surface area contributed by atoms with E-state index in [2.05, 4.69) is 10.3 Å². The van der Waals surface area contributed by atoms with Crippen LogP contribution in [0.1, 0.15) is 6.42 Å². The predicted octanol–water partition coefficient (Wildman–Crippen LogP) is 5.03. The lowest BCUT2D eigenvalue weighted by atomic mass is 10.3. The Morgan fingerprint density at radius 3 is 2.71 bits per heavy atom. The number of benzene rings is 3. The number of aromatic nitrogens is 2. The molecule has 2 heterocycles. The molecule has 0 spiro atoms. The second-order valence-electron chi connectivity index (χ2n) is 6.85. The van der Waals surface area contributed by atoms with Gasteiger partial charge in [-0.05, 0) is 36.4 Å². The van der Waals surface area contributed by atoms with Crippen LogP contribution >= 0.6 is 11.3 Å². The third kappa shape index (κ3) is 4.06. The van der Waals surface area contributed by atoms with E-state index in [0.717, 1.165) is 16.0 Å². The lowest BCUT2D eigenvalue weighted by Gasteiger charge is -2.04. The van der Waals surface area contributed by atoms with Gasteiger partial charge in [0.2, 0.25) is 5.91 Å². The Balaban J connectivity index is 1.27. The predicted molar refractivity (Wildman–Crippen MR) is 120 cm³/mol. The van der Waals surface area contributed by atoms with Gasteiger partial charge in [-0.15, -0.1) is 0 Å². The molecule has 1 amide bonds. The Kier molecular flexibility index (Phi) is 4.97. The van der Waals surface area contributed by atoms with E-state index in [1.54, 1.807) is 18.2 Å².